The van der Waals surface area contributed by atoms with Gasteiger partial charge in [0.15, 0.2) is 0 Å². The molecule has 3 N–H and O–H groups in total. The van der Waals surface area contributed by atoms with Crippen LogP contribution in [-0.4, -0.2) is 64.4 Å². The second kappa shape index (κ2) is 7.09. The van der Waals surface area contributed by atoms with Crippen LogP contribution in [0.3, 0.4) is 0 Å². The summed E-state index contributed by atoms with van der Waals surface area (Å²) in [6.07, 6.45) is -0.698. The number of likely N-dealkylation sites (N-methyl/N-ethyl adjacent to an activating group) is 1. The van der Waals surface area contributed by atoms with Gasteiger partial charge in [0, 0.05) is 7.05 Å². The van der Waals surface area contributed by atoms with E-state index in [1.54, 1.807) is 20.8 Å². The van der Waals surface area contributed by atoms with Crippen molar-refractivity contribution in [2.24, 2.45) is 0 Å². The molecule has 0 aliphatic rings. The molecule has 0 spiro atoms. The Morgan fingerprint density at radius 1 is 1.30 bits per heavy atom. The van der Waals surface area contributed by atoms with Crippen LogP contribution in [0, 0.1) is 0 Å². The summed E-state index contributed by atoms with van der Waals surface area (Å²) in [6, 6.07) is -2.34. The summed E-state index contributed by atoms with van der Waals surface area (Å²) in [5, 5.41) is 19.7. The van der Waals surface area contributed by atoms with Gasteiger partial charge >= 0.3 is 12.1 Å². The molecular formula is C12H22N2O6. The molecule has 0 aliphatic carbocycles. The van der Waals surface area contributed by atoms with Gasteiger partial charge in [-0.15, -0.1) is 0 Å². The normalized spacial score (nSPS) is 14.1. The molecule has 2 amide bonds. The van der Waals surface area contributed by atoms with Crippen molar-refractivity contribution in [3.8, 4) is 0 Å². The van der Waals surface area contributed by atoms with Gasteiger partial charge in [-0.25, -0.2) is 9.59 Å². The highest BCUT2D eigenvalue weighted by Gasteiger charge is 2.29. The van der Waals surface area contributed by atoms with E-state index in [1.807, 2.05) is 0 Å². The lowest BCUT2D eigenvalue weighted by atomic mass is 10.2. The first-order valence-corrected chi connectivity index (χ1v) is 6.09. The van der Waals surface area contributed by atoms with Crippen molar-refractivity contribution < 1.29 is 29.3 Å². The first kappa shape index (κ1) is 18.2. The van der Waals surface area contributed by atoms with Crippen LogP contribution in [0.5, 0.6) is 0 Å². The molecule has 0 saturated heterocycles. The fourth-order valence-electron chi connectivity index (χ4n) is 1.15. The Labute approximate surface area is 117 Å². The molecule has 2 atom stereocenters. The summed E-state index contributed by atoms with van der Waals surface area (Å²) in [7, 11) is 1.37. The zero-order valence-electron chi connectivity index (χ0n) is 12.3. The average molecular weight is 290 g/mol. The zero-order valence-corrected chi connectivity index (χ0v) is 12.3. The molecule has 0 aromatic heterocycles. The summed E-state index contributed by atoms with van der Waals surface area (Å²) in [5.74, 6) is -2.05. The van der Waals surface area contributed by atoms with Crippen molar-refractivity contribution in [3.05, 3.63) is 0 Å². The molecular weight excluding hydrogens is 268 g/mol. The number of carboxylic acid groups (broad SMARTS) is 1. The van der Waals surface area contributed by atoms with Crippen LogP contribution in [0.25, 0.3) is 0 Å². The number of amides is 2. The SMILES string of the molecule is C[C@@H](C(=O)N[C@@H](CO)C(=O)O)N(C)C(=O)OC(C)(C)C. The molecule has 0 rings (SSSR count). The minimum atomic E-state index is -1.41. The Bertz CT molecular complexity index is 377. The number of aliphatic hydroxyl groups is 1. The molecule has 0 saturated carbocycles. The average Bonchev–Trinajstić information content (AvgIpc) is 2.31. The second-order valence-corrected chi connectivity index (χ2v) is 5.35. The number of rotatable bonds is 5. The fourth-order valence-corrected chi connectivity index (χ4v) is 1.15. The Hall–Kier alpha value is -1.83. The predicted octanol–water partition coefficient (Wildman–Crippen LogP) is -0.196. The molecule has 0 aliphatic heterocycles. The molecule has 0 bridgehead atoms. The van der Waals surface area contributed by atoms with Gasteiger partial charge in [0.25, 0.3) is 0 Å². The molecule has 0 radical (unpaired) electrons. The number of nitrogens with one attached hydrogen (secondary N) is 1. The maximum absolute atomic E-state index is 11.8. The number of carbonyl (C=O) groups excluding carboxylic acids is 2. The minimum absolute atomic E-state index is 0.695. The van der Waals surface area contributed by atoms with E-state index in [0.717, 1.165) is 4.90 Å². The fraction of sp³-hybridized carbons (Fsp3) is 0.750. The third-order valence-corrected chi connectivity index (χ3v) is 2.44. The van der Waals surface area contributed by atoms with Crippen molar-refractivity contribution in [2.75, 3.05) is 13.7 Å². The minimum Gasteiger partial charge on any atom is -0.480 e. The summed E-state index contributed by atoms with van der Waals surface area (Å²) < 4.78 is 5.09. The Balaban J connectivity index is 4.64. The van der Waals surface area contributed by atoms with Gasteiger partial charge in [-0.3, -0.25) is 9.69 Å². The van der Waals surface area contributed by atoms with Crippen molar-refractivity contribution in [3.63, 3.8) is 0 Å². The largest absolute Gasteiger partial charge is 0.480 e. The van der Waals surface area contributed by atoms with E-state index < -0.39 is 42.3 Å². The van der Waals surface area contributed by atoms with Crippen LogP contribution in [0.15, 0.2) is 0 Å². The molecule has 0 heterocycles. The van der Waals surface area contributed by atoms with Gasteiger partial charge in [-0.05, 0) is 27.7 Å². The number of aliphatic hydroxyl groups excluding tert-OH is 1. The number of nitrogens with zero attached hydrogens (tertiary/aromatic N) is 1. The quantitative estimate of drug-likeness (QED) is 0.646. The van der Waals surface area contributed by atoms with Gasteiger partial charge in [0.1, 0.15) is 17.7 Å². The van der Waals surface area contributed by atoms with Crippen molar-refractivity contribution in [1.29, 1.82) is 0 Å². The smallest absolute Gasteiger partial charge is 0.410 e. The summed E-state index contributed by atoms with van der Waals surface area (Å²) >= 11 is 0. The van der Waals surface area contributed by atoms with Crippen molar-refractivity contribution in [2.45, 2.75) is 45.4 Å². The van der Waals surface area contributed by atoms with Crippen LogP contribution in [0.2, 0.25) is 0 Å². The number of hydrogen-bond donors (Lipinski definition) is 3. The summed E-state index contributed by atoms with van der Waals surface area (Å²) in [5.41, 5.74) is -0.698. The number of carboxylic acids is 1. The predicted molar refractivity (Wildman–Crippen MR) is 70.1 cm³/mol. The number of hydrogen-bond acceptors (Lipinski definition) is 5. The molecule has 8 nitrogen and oxygen atoms in total. The van der Waals surface area contributed by atoms with Crippen LogP contribution in [-0.2, 0) is 14.3 Å². The third kappa shape index (κ3) is 5.87. The summed E-state index contributed by atoms with van der Waals surface area (Å²) in [6.45, 7) is 5.76. The first-order valence-electron chi connectivity index (χ1n) is 6.09. The Kier molecular flexibility index (Phi) is 6.44. The highest BCUT2D eigenvalue weighted by molar-refractivity contribution is 5.88. The number of ether oxygens (including phenoxy) is 1. The van der Waals surface area contributed by atoms with Crippen LogP contribution in [0.4, 0.5) is 4.79 Å². The topological polar surface area (TPSA) is 116 Å². The van der Waals surface area contributed by atoms with Gasteiger partial charge < -0.3 is 20.3 Å². The van der Waals surface area contributed by atoms with Crippen molar-refractivity contribution in [1.82, 2.24) is 10.2 Å². The first-order chi connectivity index (χ1) is 8.99. The van der Waals surface area contributed by atoms with Crippen LogP contribution in [0.1, 0.15) is 27.7 Å². The maximum Gasteiger partial charge on any atom is 0.410 e. The highest BCUT2D eigenvalue weighted by Crippen LogP contribution is 2.10. The monoisotopic (exact) mass is 290 g/mol. The van der Waals surface area contributed by atoms with E-state index >= 15 is 0 Å². The maximum atomic E-state index is 11.8. The standard InChI is InChI=1S/C12H22N2O6/c1-7(9(16)13-8(6-15)10(17)18)14(5)11(19)20-12(2,3)4/h7-8,15H,6H2,1-5H3,(H,13,16)(H,17,18)/t7-,8-/m0/s1. The molecule has 0 fully saturated rings. The molecule has 0 unspecified atom stereocenters. The van der Waals surface area contributed by atoms with Gasteiger partial charge in [0.2, 0.25) is 5.91 Å². The lowest BCUT2D eigenvalue weighted by Crippen LogP contribution is -2.52. The number of carbonyl (C=O) groups is 3. The second-order valence-electron chi connectivity index (χ2n) is 5.35. The van der Waals surface area contributed by atoms with E-state index in [0.29, 0.717) is 0 Å². The summed E-state index contributed by atoms with van der Waals surface area (Å²) in [4.78, 5) is 35.3. The molecule has 8 heteroatoms. The molecule has 20 heavy (non-hydrogen) atoms. The molecule has 0 aromatic carbocycles. The van der Waals surface area contributed by atoms with E-state index in [4.69, 9.17) is 14.9 Å². The number of aliphatic carboxylic acids is 1. The van der Waals surface area contributed by atoms with Gasteiger partial charge in [0.05, 0.1) is 6.61 Å². The lowest BCUT2D eigenvalue weighted by Gasteiger charge is -2.28. The van der Waals surface area contributed by atoms with Gasteiger partial charge in [-0.2, -0.15) is 0 Å². The highest BCUT2D eigenvalue weighted by atomic mass is 16.6. The van der Waals surface area contributed by atoms with Crippen LogP contribution >= 0.6 is 0 Å². The Morgan fingerprint density at radius 2 is 1.80 bits per heavy atom. The van der Waals surface area contributed by atoms with Crippen LogP contribution < -0.4 is 5.32 Å². The van der Waals surface area contributed by atoms with E-state index in [-0.39, 0.29) is 0 Å². The zero-order chi connectivity index (χ0) is 16.1. The Morgan fingerprint density at radius 3 is 2.15 bits per heavy atom. The van der Waals surface area contributed by atoms with Gasteiger partial charge in [-0.1, -0.05) is 0 Å². The van der Waals surface area contributed by atoms with E-state index in [1.165, 1.54) is 14.0 Å². The molecule has 0 aromatic rings. The lowest BCUT2D eigenvalue weighted by molar-refractivity contribution is -0.143. The third-order valence-electron chi connectivity index (χ3n) is 2.44. The van der Waals surface area contributed by atoms with E-state index in [9.17, 15) is 14.4 Å². The van der Waals surface area contributed by atoms with Crippen molar-refractivity contribution >= 4 is 18.0 Å². The van der Waals surface area contributed by atoms with E-state index in [2.05, 4.69) is 5.32 Å². The molecule has 116 valence electrons.